The molecular weight excluding hydrogens is 342 g/mol. The number of piperidine rings is 1. The molecule has 25 heavy (non-hydrogen) atoms. The minimum Gasteiger partial charge on any atom is -0.366 e. The van der Waals surface area contributed by atoms with Gasteiger partial charge in [0.15, 0.2) is 0 Å². The summed E-state index contributed by atoms with van der Waals surface area (Å²) in [7, 11) is 0. The van der Waals surface area contributed by atoms with E-state index < -0.39 is 10.8 Å². The lowest BCUT2D eigenvalue weighted by Gasteiger charge is -2.31. The number of nitro groups is 1. The second kappa shape index (κ2) is 7.14. The Labute approximate surface area is 149 Å². The average Bonchev–Trinajstić information content (AvgIpc) is 3.00. The third-order valence-corrected chi connectivity index (χ3v) is 5.06. The molecule has 0 saturated carbocycles. The first-order valence-corrected chi connectivity index (χ1v) is 8.90. The van der Waals surface area contributed by atoms with Crippen LogP contribution in [0.2, 0.25) is 0 Å². The second-order valence-corrected chi connectivity index (χ2v) is 7.39. The molecule has 1 aromatic heterocycles. The lowest BCUT2D eigenvalue weighted by Crippen LogP contribution is -2.33. The van der Waals surface area contributed by atoms with E-state index in [2.05, 4.69) is 22.4 Å². The van der Waals surface area contributed by atoms with Crippen LogP contribution in [0.5, 0.6) is 0 Å². The largest absolute Gasteiger partial charge is 0.366 e. The van der Waals surface area contributed by atoms with Crippen molar-refractivity contribution in [2.24, 2.45) is 5.92 Å². The first-order chi connectivity index (χ1) is 11.9. The van der Waals surface area contributed by atoms with Crippen LogP contribution in [0.25, 0.3) is 0 Å². The number of anilines is 2. The first kappa shape index (κ1) is 17.3. The molecule has 1 aliphatic heterocycles. The van der Waals surface area contributed by atoms with Crippen LogP contribution in [0.3, 0.4) is 0 Å². The summed E-state index contributed by atoms with van der Waals surface area (Å²) in [5.74, 6) is 0.203. The van der Waals surface area contributed by atoms with Crippen LogP contribution >= 0.6 is 11.3 Å². The molecule has 0 bridgehead atoms. The Morgan fingerprint density at radius 2 is 2.08 bits per heavy atom. The van der Waals surface area contributed by atoms with Crippen LogP contribution in [0.15, 0.2) is 18.2 Å². The number of hydrogen-bond donors (Lipinski definition) is 1. The van der Waals surface area contributed by atoms with E-state index in [1.165, 1.54) is 17.4 Å². The van der Waals surface area contributed by atoms with Gasteiger partial charge in [-0.15, -0.1) is 10.2 Å². The normalized spacial score (nSPS) is 15.2. The molecule has 1 aromatic carbocycles. The Balaban J connectivity index is 1.83. The highest BCUT2D eigenvalue weighted by molar-refractivity contribution is 7.15. The molecule has 1 aliphatic rings. The number of rotatable bonds is 4. The van der Waals surface area contributed by atoms with Gasteiger partial charge in [0.1, 0.15) is 10.7 Å². The van der Waals surface area contributed by atoms with Crippen molar-refractivity contribution in [1.82, 2.24) is 10.2 Å². The SMILES string of the molecule is Cc1nnc(NC(=O)c2ccc(N3CCC(C)CC3)c([N+](=O)[O-])c2)s1. The predicted molar refractivity (Wildman–Crippen MR) is 96.3 cm³/mol. The van der Waals surface area contributed by atoms with Gasteiger partial charge in [-0.1, -0.05) is 18.3 Å². The van der Waals surface area contributed by atoms with E-state index in [0.717, 1.165) is 30.9 Å². The van der Waals surface area contributed by atoms with Crippen molar-refractivity contribution >= 4 is 33.8 Å². The van der Waals surface area contributed by atoms with E-state index in [1.54, 1.807) is 19.1 Å². The number of nitrogens with zero attached hydrogens (tertiary/aromatic N) is 4. The van der Waals surface area contributed by atoms with Gasteiger partial charge >= 0.3 is 0 Å². The Morgan fingerprint density at radius 3 is 2.68 bits per heavy atom. The molecule has 0 atom stereocenters. The Kier molecular flexibility index (Phi) is 4.93. The fourth-order valence-electron chi connectivity index (χ4n) is 2.84. The Bertz CT molecular complexity index is 799. The highest BCUT2D eigenvalue weighted by Crippen LogP contribution is 2.32. The lowest BCUT2D eigenvalue weighted by molar-refractivity contribution is -0.384. The quantitative estimate of drug-likeness (QED) is 0.662. The van der Waals surface area contributed by atoms with E-state index in [0.29, 0.717) is 16.7 Å². The summed E-state index contributed by atoms with van der Waals surface area (Å²) < 4.78 is 0. The minimum atomic E-state index is -0.432. The molecule has 1 amide bonds. The van der Waals surface area contributed by atoms with Gasteiger partial charge in [0, 0.05) is 24.7 Å². The number of nitrogens with one attached hydrogen (secondary N) is 1. The summed E-state index contributed by atoms with van der Waals surface area (Å²) in [4.78, 5) is 25.4. The van der Waals surface area contributed by atoms with Gasteiger partial charge in [-0.2, -0.15) is 0 Å². The molecule has 9 heteroatoms. The zero-order chi connectivity index (χ0) is 18.0. The predicted octanol–water partition coefficient (Wildman–Crippen LogP) is 3.24. The molecule has 132 valence electrons. The van der Waals surface area contributed by atoms with Crippen molar-refractivity contribution in [3.63, 3.8) is 0 Å². The number of amides is 1. The zero-order valence-corrected chi connectivity index (χ0v) is 14.9. The topological polar surface area (TPSA) is 101 Å². The van der Waals surface area contributed by atoms with Gasteiger partial charge in [0.25, 0.3) is 11.6 Å². The highest BCUT2D eigenvalue weighted by atomic mass is 32.1. The van der Waals surface area contributed by atoms with Gasteiger partial charge in [0.2, 0.25) is 5.13 Å². The van der Waals surface area contributed by atoms with E-state index >= 15 is 0 Å². The maximum Gasteiger partial charge on any atom is 0.293 e. The molecule has 0 aliphatic carbocycles. The van der Waals surface area contributed by atoms with E-state index in [9.17, 15) is 14.9 Å². The van der Waals surface area contributed by atoms with Crippen LogP contribution in [0.1, 0.15) is 35.1 Å². The molecule has 1 N–H and O–H groups in total. The molecule has 2 heterocycles. The third kappa shape index (κ3) is 3.93. The molecule has 1 saturated heterocycles. The third-order valence-electron chi connectivity index (χ3n) is 4.31. The van der Waals surface area contributed by atoms with Crippen molar-refractivity contribution in [3.05, 3.63) is 38.9 Å². The van der Waals surface area contributed by atoms with Gasteiger partial charge in [-0.05, 0) is 37.8 Å². The maximum atomic E-state index is 12.3. The molecule has 8 nitrogen and oxygen atoms in total. The van der Waals surface area contributed by atoms with Gasteiger partial charge in [-0.25, -0.2) is 0 Å². The molecule has 2 aromatic rings. The Morgan fingerprint density at radius 1 is 1.36 bits per heavy atom. The molecule has 1 fully saturated rings. The van der Waals surface area contributed by atoms with Crippen LogP contribution in [-0.4, -0.2) is 34.1 Å². The smallest absolute Gasteiger partial charge is 0.293 e. The standard InChI is InChI=1S/C16H19N5O3S/c1-10-5-7-20(8-6-10)13-4-3-12(9-14(13)21(23)24)15(22)17-16-19-18-11(2)25-16/h3-4,9-10H,5-8H2,1-2H3,(H,17,19,22). The molecule has 0 radical (unpaired) electrons. The Hall–Kier alpha value is -2.55. The number of hydrogen-bond acceptors (Lipinski definition) is 7. The van der Waals surface area contributed by atoms with Gasteiger partial charge in [-0.3, -0.25) is 20.2 Å². The lowest BCUT2D eigenvalue weighted by atomic mass is 9.98. The van der Waals surface area contributed by atoms with E-state index in [-0.39, 0.29) is 11.3 Å². The average molecular weight is 361 g/mol. The molecule has 3 rings (SSSR count). The van der Waals surface area contributed by atoms with Crippen LogP contribution in [-0.2, 0) is 0 Å². The van der Waals surface area contributed by atoms with E-state index in [4.69, 9.17) is 0 Å². The molecule has 0 spiro atoms. The summed E-state index contributed by atoms with van der Waals surface area (Å²) >= 11 is 1.25. The summed E-state index contributed by atoms with van der Waals surface area (Å²) in [6, 6.07) is 4.61. The maximum absolute atomic E-state index is 12.3. The highest BCUT2D eigenvalue weighted by Gasteiger charge is 2.25. The van der Waals surface area contributed by atoms with Gasteiger partial charge < -0.3 is 4.90 Å². The van der Waals surface area contributed by atoms with Gasteiger partial charge in [0.05, 0.1) is 4.92 Å². The fraction of sp³-hybridized carbons (Fsp3) is 0.438. The summed E-state index contributed by atoms with van der Waals surface area (Å²) in [6.45, 7) is 5.55. The van der Waals surface area contributed by atoms with Crippen molar-refractivity contribution < 1.29 is 9.72 Å². The van der Waals surface area contributed by atoms with Crippen molar-refractivity contribution in [2.45, 2.75) is 26.7 Å². The number of benzene rings is 1. The summed E-state index contributed by atoms with van der Waals surface area (Å²) in [5, 5.41) is 22.9. The van der Waals surface area contributed by atoms with Crippen LogP contribution < -0.4 is 10.2 Å². The monoisotopic (exact) mass is 361 g/mol. The van der Waals surface area contributed by atoms with Crippen LogP contribution in [0, 0.1) is 23.0 Å². The van der Waals surface area contributed by atoms with Crippen molar-refractivity contribution in [2.75, 3.05) is 23.3 Å². The number of aromatic nitrogens is 2. The van der Waals surface area contributed by atoms with Crippen molar-refractivity contribution in [3.8, 4) is 0 Å². The number of carbonyl (C=O) groups is 1. The first-order valence-electron chi connectivity index (χ1n) is 8.09. The summed E-state index contributed by atoms with van der Waals surface area (Å²) in [5.41, 5.74) is 0.754. The minimum absolute atomic E-state index is 0.0457. The number of nitro benzene ring substituents is 1. The van der Waals surface area contributed by atoms with Crippen molar-refractivity contribution in [1.29, 1.82) is 0 Å². The number of aryl methyl sites for hydroxylation is 1. The van der Waals surface area contributed by atoms with E-state index in [1.807, 2.05) is 4.90 Å². The van der Waals surface area contributed by atoms with Crippen LogP contribution in [0.4, 0.5) is 16.5 Å². The summed E-state index contributed by atoms with van der Waals surface area (Å²) in [6.07, 6.45) is 2.02. The zero-order valence-electron chi connectivity index (χ0n) is 14.1. The molecular formula is C16H19N5O3S. The second-order valence-electron chi connectivity index (χ2n) is 6.21. The molecule has 0 unspecified atom stereocenters. The number of carbonyl (C=O) groups excluding carboxylic acids is 1. The fourth-order valence-corrected chi connectivity index (χ4v) is 3.43.